The molecule has 1 aromatic rings. The number of nitriles is 1. The zero-order valence-corrected chi connectivity index (χ0v) is 11.9. The van der Waals surface area contributed by atoms with Crippen molar-refractivity contribution in [1.82, 2.24) is 5.32 Å². The van der Waals surface area contributed by atoms with Crippen LogP contribution in [0.15, 0.2) is 21.6 Å². The first-order valence-electron chi connectivity index (χ1n) is 4.32. The Morgan fingerprint density at radius 3 is 2.88 bits per heavy atom. The number of amidine groups is 1. The normalized spacial score (nSPS) is 11.1. The van der Waals surface area contributed by atoms with Gasteiger partial charge in [-0.1, -0.05) is 23.4 Å². The van der Waals surface area contributed by atoms with E-state index in [0.29, 0.717) is 10.2 Å². The second-order valence-electron chi connectivity index (χ2n) is 2.91. The highest BCUT2D eigenvalue weighted by Crippen LogP contribution is 2.31. The molecular weight excluding hydrogens is 310 g/mol. The fourth-order valence-electron chi connectivity index (χ4n) is 1.04. The summed E-state index contributed by atoms with van der Waals surface area (Å²) < 4.78 is 0.788. The third-order valence-corrected chi connectivity index (χ3v) is 3.59. The van der Waals surface area contributed by atoms with E-state index < -0.39 is 0 Å². The minimum absolute atomic E-state index is 0.555. The van der Waals surface area contributed by atoms with Crippen molar-refractivity contribution in [3.63, 3.8) is 0 Å². The summed E-state index contributed by atoms with van der Waals surface area (Å²) in [5.41, 5.74) is 1.74. The Kier molecular flexibility index (Phi) is 5.13. The Hall–Kier alpha value is -0.700. The number of benzene rings is 1. The van der Waals surface area contributed by atoms with Crippen molar-refractivity contribution in [2.45, 2.75) is 6.92 Å². The molecule has 0 heterocycles. The average Bonchev–Trinajstić information content (AvgIpc) is 2.25. The molecule has 1 rings (SSSR count). The summed E-state index contributed by atoms with van der Waals surface area (Å²) in [6.07, 6.45) is 3.70. The highest BCUT2D eigenvalue weighted by molar-refractivity contribution is 9.10. The van der Waals surface area contributed by atoms with Crippen LogP contribution >= 0.6 is 39.3 Å². The van der Waals surface area contributed by atoms with Crippen molar-refractivity contribution in [2.75, 3.05) is 6.26 Å². The Morgan fingerprint density at radius 2 is 2.31 bits per heavy atom. The van der Waals surface area contributed by atoms with Gasteiger partial charge >= 0.3 is 0 Å². The SMILES string of the molecule is CSC(=Nc1cc(Br)c(Cl)cc1C)NC#N. The number of halogens is 2. The van der Waals surface area contributed by atoms with Crippen molar-refractivity contribution in [2.24, 2.45) is 4.99 Å². The molecule has 1 N–H and O–H groups in total. The van der Waals surface area contributed by atoms with Crippen LogP contribution in [-0.2, 0) is 0 Å². The number of hydrogen-bond acceptors (Lipinski definition) is 3. The van der Waals surface area contributed by atoms with E-state index in [0.717, 1.165) is 15.7 Å². The number of aliphatic imine (C=N–C) groups is 1. The summed E-state index contributed by atoms with van der Waals surface area (Å²) >= 11 is 10.7. The molecule has 0 bridgehead atoms. The monoisotopic (exact) mass is 317 g/mol. The fraction of sp³-hybridized carbons (Fsp3) is 0.200. The largest absolute Gasteiger partial charge is 0.271 e. The maximum Gasteiger partial charge on any atom is 0.183 e. The molecule has 0 fully saturated rings. The summed E-state index contributed by atoms with van der Waals surface area (Å²) in [7, 11) is 0. The first kappa shape index (κ1) is 13.4. The van der Waals surface area contributed by atoms with Gasteiger partial charge in [-0.25, -0.2) is 4.99 Å². The van der Waals surface area contributed by atoms with Crippen LogP contribution in [0, 0.1) is 18.4 Å². The Balaban J connectivity index is 3.14. The highest BCUT2D eigenvalue weighted by Gasteiger charge is 2.04. The summed E-state index contributed by atoms with van der Waals surface area (Å²) in [6, 6.07) is 3.65. The van der Waals surface area contributed by atoms with Gasteiger partial charge in [0.1, 0.15) is 0 Å². The molecule has 0 radical (unpaired) electrons. The van der Waals surface area contributed by atoms with E-state index in [1.807, 2.05) is 31.5 Å². The minimum Gasteiger partial charge on any atom is -0.271 e. The fourth-order valence-corrected chi connectivity index (χ4v) is 1.92. The molecule has 0 aliphatic heterocycles. The van der Waals surface area contributed by atoms with Crippen molar-refractivity contribution in [1.29, 1.82) is 5.26 Å². The maximum absolute atomic E-state index is 8.53. The second-order valence-corrected chi connectivity index (χ2v) is 4.97. The Morgan fingerprint density at radius 1 is 1.62 bits per heavy atom. The van der Waals surface area contributed by atoms with Gasteiger partial charge in [-0.2, -0.15) is 5.26 Å². The van der Waals surface area contributed by atoms with Crippen molar-refractivity contribution >= 4 is 50.1 Å². The molecule has 0 atom stereocenters. The van der Waals surface area contributed by atoms with E-state index >= 15 is 0 Å². The van der Waals surface area contributed by atoms with Crippen molar-refractivity contribution in [3.8, 4) is 6.19 Å². The van der Waals surface area contributed by atoms with Crippen LogP contribution in [0.3, 0.4) is 0 Å². The van der Waals surface area contributed by atoms with Crippen LogP contribution in [0.25, 0.3) is 0 Å². The first-order chi connectivity index (χ1) is 7.58. The van der Waals surface area contributed by atoms with Crippen LogP contribution < -0.4 is 5.32 Å². The lowest BCUT2D eigenvalue weighted by molar-refractivity contribution is 1.27. The Bertz CT molecular complexity index is 468. The van der Waals surface area contributed by atoms with Gasteiger partial charge in [0.05, 0.1) is 10.7 Å². The van der Waals surface area contributed by atoms with E-state index in [1.54, 1.807) is 0 Å². The maximum atomic E-state index is 8.53. The zero-order valence-electron chi connectivity index (χ0n) is 8.71. The van der Waals surface area contributed by atoms with Crippen LogP contribution in [-0.4, -0.2) is 11.4 Å². The van der Waals surface area contributed by atoms with Crippen LogP contribution in [0.5, 0.6) is 0 Å². The molecule has 3 nitrogen and oxygen atoms in total. The van der Waals surface area contributed by atoms with Gasteiger partial charge in [-0.15, -0.1) is 0 Å². The van der Waals surface area contributed by atoms with Crippen molar-refractivity contribution in [3.05, 3.63) is 27.2 Å². The van der Waals surface area contributed by atoms with E-state index in [9.17, 15) is 0 Å². The topological polar surface area (TPSA) is 48.2 Å². The molecule has 1 aromatic carbocycles. The molecule has 6 heteroatoms. The molecule has 0 amide bonds. The van der Waals surface area contributed by atoms with Gasteiger partial charge in [0, 0.05) is 4.47 Å². The number of nitrogens with zero attached hydrogens (tertiary/aromatic N) is 2. The third-order valence-electron chi connectivity index (χ3n) is 1.82. The number of rotatable bonds is 1. The smallest absolute Gasteiger partial charge is 0.183 e. The number of hydrogen-bond donors (Lipinski definition) is 1. The second kappa shape index (κ2) is 6.14. The van der Waals surface area contributed by atoms with Gasteiger partial charge in [-0.05, 0) is 46.8 Å². The van der Waals surface area contributed by atoms with Gasteiger partial charge in [0.25, 0.3) is 0 Å². The van der Waals surface area contributed by atoms with E-state index in [-0.39, 0.29) is 0 Å². The predicted molar refractivity (Wildman–Crippen MR) is 73.2 cm³/mol. The standard InChI is InChI=1S/C10H9BrClN3S/c1-6-3-8(12)7(11)4-9(6)15-10(16-2)14-5-13/h3-4H,1-2H3,(H,14,15). The van der Waals surface area contributed by atoms with Gasteiger partial charge < -0.3 is 0 Å². The van der Waals surface area contributed by atoms with Gasteiger partial charge in [0.15, 0.2) is 11.4 Å². The van der Waals surface area contributed by atoms with Crippen LogP contribution in [0.4, 0.5) is 5.69 Å². The molecule has 0 saturated carbocycles. The van der Waals surface area contributed by atoms with E-state index in [1.165, 1.54) is 11.8 Å². The molecule has 0 aliphatic carbocycles. The number of aryl methyl sites for hydroxylation is 1. The summed E-state index contributed by atoms with van der Waals surface area (Å²) in [6.45, 7) is 1.92. The predicted octanol–water partition coefficient (Wildman–Crippen LogP) is 3.83. The molecular formula is C10H9BrClN3S. The molecule has 0 saturated heterocycles. The average molecular weight is 319 g/mol. The third kappa shape index (κ3) is 3.41. The van der Waals surface area contributed by atoms with Crippen molar-refractivity contribution < 1.29 is 0 Å². The molecule has 0 unspecified atom stereocenters. The summed E-state index contributed by atoms with van der Waals surface area (Å²) in [5.74, 6) is 0. The molecule has 0 aromatic heterocycles. The lowest BCUT2D eigenvalue weighted by Crippen LogP contribution is -2.12. The summed E-state index contributed by atoms with van der Waals surface area (Å²) in [5, 5.41) is 12.2. The first-order valence-corrected chi connectivity index (χ1v) is 6.71. The van der Waals surface area contributed by atoms with E-state index in [2.05, 4.69) is 26.2 Å². The quantitative estimate of drug-likeness (QED) is 0.370. The molecule has 84 valence electrons. The van der Waals surface area contributed by atoms with Gasteiger partial charge in [0.2, 0.25) is 0 Å². The molecule has 16 heavy (non-hydrogen) atoms. The van der Waals surface area contributed by atoms with Gasteiger partial charge in [-0.3, -0.25) is 5.32 Å². The van der Waals surface area contributed by atoms with Crippen LogP contribution in [0.1, 0.15) is 5.56 Å². The Labute approximate surface area is 112 Å². The molecule has 0 aliphatic rings. The van der Waals surface area contributed by atoms with E-state index in [4.69, 9.17) is 16.9 Å². The lowest BCUT2D eigenvalue weighted by Gasteiger charge is -2.05. The highest BCUT2D eigenvalue weighted by atomic mass is 79.9. The molecule has 0 spiro atoms. The summed E-state index contributed by atoms with van der Waals surface area (Å²) in [4.78, 5) is 4.33. The minimum atomic E-state index is 0.555. The van der Waals surface area contributed by atoms with Crippen LogP contribution in [0.2, 0.25) is 5.02 Å². The number of nitrogens with one attached hydrogen (secondary N) is 1. The number of thioether (sulfide) groups is 1. The zero-order chi connectivity index (χ0) is 12.1. The lowest BCUT2D eigenvalue weighted by atomic mass is 10.2.